The van der Waals surface area contributed by atoms with Crippen LogP contribution in [0.2, 0.25) is 0 Å². The lowest BCUT2D eigenvalue weighted by Gasteiger charge is -2.27. The van der Waals surface area contributed by atoms with Crippen LogP contribution < -0.4 is 0 Å². The molecule has 0 aliphatic heterocycles. The number of halogens is 1. The minimum Gasteiger partial charge on any atom is -0.469 e. The number of methoxy groups -OCH3 is 1. The number of hydrogen-bond donors (Lipinski definition) is 0. The van der Waals surface area contributed by atoms with E-state index >= 15 is 0 Å². The first kappa shape index (κ1) is 14.6. The number of benzene rings is 1. The zero-order valence-electron chi connectivity index (χ0n) is 11.4. The number of rotatable bonds is 5. The molecule has 0 aromatic heterocycles. The van der Waals surface area contributed by atoms with Crippen LogP contribution in [-0.2, 0) is 16.1 Å². The predicted molar refractivity (Wildman–Crippen MR) is 68.5 cm³/mol. The second-order valence-electron chi connectivity index (χ2n) is 5.18. The molecule has 0 saturated heterocycles. The number of carbonyl (C=O) groups excluding carboxylic acids is 1. The minimum absolute atomic E-state index is 0.242. The smallest absolute Gasteiger partial charge is 0.312 e. The van der Waals surface area contributed by atoms with E-state index in [0.29, 0.717) is 13.1 Å². The maximum Gasteiger partial charge on any atom is 0.312 e. The topological polar surface area (TPSA) is 29.5 Å². The number of carbonyl (C=O) groups is 1. The second kappa shape index (κ2) is 5.96. The van der Waals surface area contributed by atoms with Gasteiger partial charge in [0.15, 0.2) is 0 Å². The van der Waals surface area contributed by atoms with Gasteiger partial charge in [0.1, 0.15) is 5.82 Å². The van der Waals surface area contributed by atoms with Gasteiger partial charge in [0, 0.05) is 13.1 Å². The van der Waals surface area contributed by atoms with E-state index in [1.807, 2.05) is 31.9 Å². The van der Waals surface area contributed by atoms with Gasteiger partial charge < -0.3 is 9.64 Å². The second-order valence-corrected chi connectivity index (χ2v) is 5.18. The third-order valence-electron chi connectivity index (χ3n) is 2.74. The molecule has 0 atom stereocenters. The molecule has 0 amide bonds. The normalized spacial score (nSPS) is 11.7. The first-order chi connectivity index (χ1) is 8.35. The fraction of sp³-hybridized carbons (Fsp3) is 0.500. The SMILES string of the molecule is COC(=O)C(C)(C)CN(C)Cc1cccc(F)c1. The van der Waals surface area contributed by atoms with E-state index in [4.69, 9.17) is 4.74 Å². The highest BCUT2D eigenvalue weighted by atomic mass is 19.1. The molecule has 0 radical (unpaired) electrons. The van der Waals surface area contributed by atoms with Gasteiger partial charge in [-0.05, 0) is 38.6 Å². The lowest BCUT2D eigenvalue weighted by Crippen LogP contribution is -2.37. The molecule has 100 valence electrons. The average Bonchev–Trinajstić information content (AvgIpc) is 2.26. The zero-order valence-corrected chi connectivity index (χ0v) is 11.4. The van der Waals surface area contributed by atoms with Crippen LogP contribution in [0.25, 0.3) is 0 Å². The van der Waals surface area contributed by atoms with Crippen LogP contribution in [0.1, 0.15) is 19.4 Å². The van der Waals surface area contributed by atoms with E-state index in [1.54, 1.807) is 6.07 Å². The molecule has 0 unspecified atom stereocenters. The summed E-state index contributed by atoms with van der Waals surface area (Å²) >= 11 is 0. The van der Waals surface area contributed by atoms with Crippen molar-refractivity contribution in [3.63, 3.8) is 0 Å². The van der Waals surface area contributed by atoms with E-state index in [1.165, 1.54) is 19.2 Å². The largest absolute Gasteiger partial charge is 0.469 e. The summed E-state index contributed by atoms with van der Waals surface area (Å²) in [4.78, 5) is 13.5. The first-order valence-corrected chi connectivity index (χ1v) is 5.86. The maximum atomic E-state index is 13.0. The highest BCUT2D eigenvalue weighted by Gasteiger charge is 2.29. The van der Waals surface area contributed by atoms with Gasteiger partial charge in [-0.2, -0.15) is 0 Å². The summed E-state index contributed by atoms with van der Waals surface area (Å²) in [6.07, 6.45) is 0. The Morgan fingerprint density at radius 1 is 1.44 bits per heavy atom. The summed E-state index contributed by atoms with van der Waals surface area (Å²) in [5.41, 5.74) is 0.315. The Morgan fingerprint density at radius 3 is 2.67 bits per heavy atom. The van der Waals surface area contributed by atoms with Gasteiger partial charge in [-0.3, -0.25) is 4.79 Å². The molecule has 0 saturated carbocycles. The van der Waals surface area contributed by atoms with E-state index in [-0.39, 0.29) is 11.8 Å². The summed E-state index contributed by atoms with van der Waals surface area (Å²) in [7, 11) is 3.28. The molecule has 0 aliphatic carbocycles. The third kappa shape index (κ3) is 4.11. The lowest BCUT2D eigenvalue weighted by molar-refractivity contribution is -0.151. The van der Waals surface area contributed by atoms with Gasteiger partial charge in [0.05, 0.1) is 12.5 Å². The molecule has 0 heterocycles. The van der Waals surface area contributed by atoms with Crippen molar-refractivity contribution in [3.05, 3.63) is 35.6 Å². The van der Waals surface area contributed by atoms with Gasteiger partial charge in [0.2, 0.25) is 0 Å². The molecule has 1 aromatic rings. The lowest BCUT2D eigenvalue weighted by atomic mass is 9.93. The number of esters is 1. The van der Waals surface area contributed by atoms with Gasteiger partial charge in [0.25, 0.3) is 0 Å². The Bertz CT molecular complexity index is 418. The highest BCUT2D eigenvalue weighted by Crippen LogP contribution is 2.19. The Hall–Kier alpha value is -1.42. The standard InChI is InChI=1S/C14H20FNO2/c1-14(2,13(17)18-4)10-16(3)9-11-6-5-7-12(15)8-11/h5-8H,9-10H2,1-4H3. The molecule has 4 heteroatoms. The van der Waals surface area contributed by atoms with Gasteiger partial charge in [-0.15, -0.1) is 0 Å². The average molecular weight is 253 g/mol. The molecule has 1 aromatic carbocycles. The fourth-order valence-electron chi connectivity index (χ4n) is 2.02. The summed E-state index contributed by atoms with van der Waals surface area (Å²) in [6.45, 7) is 4.82. The molecule has 0 aliphatic rings. The molecule has 0 fully saturated rings. The van der Waals surface area contributed by atoms with Crippen molar-refractivity contribution >= 4 is 5.97 Å². The van der Waals surface area contributed by atoms with Crippen molar-refractivity contribution in [2.24, 2.45) is 5.41 Å². The van der Waals surface area contributed by atoms with Crippen LogP contribution in [0, 0.1) is 11.2 Å². The fourth-order valence-corrected chi connectivity index (χ4v) is 2.02. The minimum atomic E-state index is -0.573. The van der Waals surface area contributed by atoms with Crippen molar-refractivity contribution in [1.29, 1.82) is 0 Å². The summed E-state index contributed by atoms with van der Waals surface area (Å²) in [6, 6.07) is 6.47. The molecule has 0 bridgehead atoms. The quantitative estimate of drug-likeness (QED) is 0.755. The van der Waals surface area contributed by atoms with Crippen LogP contribution in [0.15, 0.2) is 24.3 Å². The summed E-state index contributed by atoms with van der Waals surface area (Å²) in [5, 5.41) is 0. The molecule has 0 N–H and O–H groups in total. The van der Waals surface area contributed by atoms with E-state index in [2.05, 4.69) is 0 Å². The van der Waals surface area contributed by atoms with Crippen molar-refractivity contribution in [2.75, 3.05) is 20.7 Å². The Morgan fingerprint density at radius 2 is 2.11 bits per heavy atom. The maximum absolute atomic E-state index is 13.0. The van der Waals surface area contributed by atoms with Crippen molar-refractivity contribution < 1.29 is 13.9 Å². The van der Waals surface area contributed by atoms with Crippen molar-refractivity contribution in [2.45, 2.75) is 20.4 Å². The summed E-state index contributed by atoms with van der Waals surface area (Å²) in [5.74, 6) is -0.485. The van der Waals surface area contributed by atoms with Crippen molar-refractivity contribution in [3.8, 4) is 0 Å². The molecular weight excluding hydrogens is 233 g/mol. The van der Waals surface area contributed by atoms with Crippen LogP contribution >= 0.6 is 0 Å². The Labute approximate surface area is 108 Å². The van der Waals surface area contributed by atoms with Crippen LogP contribution in [0.3, 0.4) is 0 Å². The van der Waals surface area contributed by atoms with Gasteiger partial charge in [-0.25, -0.2) is 4.39 Å². The number of ether oxygens (including phenoxy) is 1. The molecular formula is C14H20FNO2. The Balaban J connectivity index is 2.61. The van der Waals surface area contributed by atoms with E-state index < -0.39 is 5.41 Å². The van der Waals surface area contributed by atoms with E-state index in [0.717, 1.165) is 5.56 Å². The van der Waals surface area contributed by atoms with Crippen molar-refractivity contribution in [1.82, 2.24) is 4.90 Å². The highest BCUT2D eigenvalue weighted by molar-refractivity contribution is 5.76. The third-order valence-corrected chi connectivity index (χ3v) is 2.74. The number of nitrogens with zero attached hydrogens (tertiary/aromatic N) is 1. The summed E-state index contributed by atoms with van der Waals surface area (Å²) < 4.78 is 17.8. The van der Waals surface area contributed by atoms with Crippen LogP contribution in [0.5, 0.6) is 0 Å². The first-order valence-electron chi connectivity index (χ1n) is 5.86. The van der Waals surface area contributed by atoms with Crippen LogP contribution in [0.4, 0.5) is 4.39 Å². The molecule has 3 nitrogen and oxygen atoms in total. The van der Waals surface area contributed by atoms with Gasteiger partial charge >= 0.3 is 5.97 Å². The number of hydrogen-bond acceptors (Lipinski definition) is 3. The Kier molecular flexibility index (Phi) is 4.84. The predicted octanol–water partition coefficient (Wildman–Crippen LogP) is 2.46. The van der Waals surface area contributed by atoms with E-state index in [9.17, 15) is 9.18 Å². The van der Waals surface area contributed by atoms with Gasteiger partial charge in [-0.1, -0.05) is 12.1 Å². The monoisotopic (exact) mass is 253 g/mol. The molecule has 18 heavy (non-hydrogen) atoms. The molecule has 0 spiro atoms. The van der Waals surface area contributed by atoms with Crippen LogP contribution in [-0.4, -0.2) is 31.6 Å². The molecule has 1 rings (SSSR count). The zero-order chi connectivity index (χ0) is 13.8.